The molecule has 104 valence electrons. The average Bonchev–Trinajstić information content (AvgIpc) is 2.46. The molecule has 0 saturated carbocycles. The van der Waals surface area contributed by atoms with Gasteiger partial charge in [0.05, 0.1) is 6.04 Å². The maximum atomic E-state index is 11.2. The predicted molar refractivity (Wildman–Crippen MR) is 87.8 cm³/mol. The fraction of sp³-hybridized carbons (Fsp3) is 0.188. The second-order valence-corrected chi connectivity index (χ2v) is 6.01. The lowest BCUT2D eigenvalue weighted by Crippen LogP contribution is -2.22. The molecule has 2 aromatic carbocycles. The Morgan fingerprint density at radius 3 is 2.45 bits per heavy atom. The second kappa shape index (κ2) is 6.42. The Morgan fingerprint density at radius 2 is 1.85 bits per heavy atom. The molecule has 0 radical (unpaired) electrons. The minimum Gasteiger partial charge on any atom is -0.367 e. The van der Waals surface area contributed by atoms with Gasteiger partial charge >= 0.3 is 0 Å². The minimum atomic E-state index is 0.146. The fourth-order valence-electron chi connectivity index (χ4n) is 2.11. The van der Waals surface area contributed by atoms with Gasteiger partial charge in [0.25, 0.3) is 0 Å². The van der Waals surface area contributed by atoms with Crippen molar-refractivity contribution in [2.24, 2.45) is 0 Å². The number of carbonyl (C=O) groups excluding carboxylic acids is 1. The molecule has 0 saturated heterocycles. The molecule has 0 aliphatic rings. The summed E-state index contributed by atoms with van der Waals surface area (Å²) < 4.78 is 0.899. The molecular weight excluding hydrogens is 338 g/mol. The zero-order chi connectivity index (χ0) is 14.7. The summed E-state index contributed by atoms with van der Waals surface area (Å²) in [6.45, 7) is 2.10. The van der Waals surface area contributed by atoms with Crippen LogP contribution in [0.25, 0.3) is 0 Å². The zero-order valence-corrected chi connectivity index (χ0v) is 13.6. The van der Waals surface area contributed by atoms with Crippen molar-refractivity contribution in [2.45, 2.75) is 13.0 Å². The largest absolute Gasteiger partial charge is 0.367 e. The molecule has 2 aromatic rings. The maximum absolute atomic E-state index is 11.2. The number of rotatable bonds is 4. The summed E-state index contributed by atoms with van der Waals surface area (Å²) >= 11 is 9.30. The summed E-state index contributed by atoms with van der Waals surface area (Å²) in [5.41, 5.74) is 2.73. The lowest BCUT2D eigenvalue weighted by atomic mass is 10.1. The van der Waals surface area contributed by atoms with Gasteiger partial charge in [-0.15, -0.1) is 0 Å². The average molecular weight is 353 g/mol. The lowest BCUT2D eigenvalue weighted by Gasteiger charge is -2.28. The normalized spacial score (nSPS) is 12.0. The third kappa shape index (κ3) is 3.22. The Hall–Kier alpha value is -1.32. The molecule has 1 atom stereocenters. The quantitative estimate of drug-likeness (QED) is 0.712. The summed E-state index contributed by atoms with van der Waals surface area (Å²) in [6, 6.07) is 13.6. The Balaban J connectivity index is 2.33. The summed E-state index contributed by atoms with van der Waals surface area (Å²) in [4.78, 5) is 13.3. The van der Waals surface area contributed by atoms with Gasteiger partial charge in [0.1, 0.15) is 0 Å². The van der Waals surface area contributed by atoms with E-state index in [2.05, 4.69) is 27.8 Å². The molecule has 0 amide bonds. The van der Waals surface area contributed by atoms with E-state index in [1.807, 2.05) is 49.5 Å². The molecule has 2 nitrogen and oxygen atoms in total. The first-order valence-corrected chi connectivity index (χ1v) is 7.43. The zero-order valence-electron chi connectivity index (χ0n) is 11.3. The predicted octanol–water partition coefficient (Wildman–Crippen LogP) is 5.11. The van der Waals surface area contributed by atoms with Gasteiger partial charge in [-0.1, -0.05) is 39.7 Å². The number of halogens is 2. The fourth-order valence-corrected chi connectivity index (χ4v) is 2.62. The molecule has 0 N–H and O–H groups in total. The van der Waals surface area contributed by atoms with Gasteiger partial charge in [-0.2, -0.15) is 0 Å². The smallest absolute Gasteiger partial charge is 0.152 e. The third-order valence-corrected chi connectivity index (χ3v) is 4.18. The van der Waals surface area contributed by atoms with Crippen molar-refractivity contribution in [2.75, 3.05) is 11.9 Å². The van der Waals surface area contributed by atoms with Crippen LogP contribution in [0.1, 0.15) is 28.9 Å². The highest BCUT2D eigenvalue weighted by Crippen LogP contribution is 2.29. The van der Waals surface area contributed by atoms with E-state index in [0.29, 0.717) is 5.56 Å². The number of aldehydes is 1. The van der Waals surface area contributed by atoms with E-state index in [1.165, 1.54) is 0 Å². The SMILES string of the molecule is CC(c1ccc(Cl)cc1)N(C)c1ccc(Br)cc1C=O. The summed E-state index contributed by atoms with van der Waals surface area (Å²) in [7, 11) is 1.98. The van der Waals surface area contributed by atoms with Crippen LogP contribution in [0.4, 0.5) is 5.69 Å². The van der Waals surface area contributed by atoms with Crippen molar-refractivity contribution >= 4 is 39.5 Å². The number of nitrogens with zero attached hydrogens (tertiary/aromatic N) is 1. The lowest BCUT2D eigenvalue weighted by molar-refractivity contribution is 0.112. The Labute approximate surface area is 132 Å². The van der Waals surface area contributed by atoms with Crippen molar-refractivity contribution in [3.8, 4) is 0 Å². The molecule has 4 heteroatoms. The van der Waals surface area contributed by atoms with E-state index < -0.39 is 0 Å². The van der Waals surface area contributed by atoms with Crippen LogP contribution >= 0.6 is 27.5 Å². The van der Waals surface area contributed by atoms with Gasteiger partial charge in [0.15, 0.2) is 6.29 Å². The maximum Gasteiger partial charge on any atom is 0.152 e. The highest BCUT2D eigenvalue weighted by molar-refractivity contribution is 9.10. The molecule has 20 heavy (non-hydrogen) atoms. The van der Waals surface area contributed by atoms with Crippen LogP contribution in [0.3, 0.4) is 0 Å². The standard InChI is InChI=1S/C16H15BrClNO/c1-11(12-3-6-15(18)7-4-12)19(2)16-8-5-14(17)9-13(16)10-20/h3-11H,1-2H3. The third-order valence-electron chi connectivity index (χ3n) is 3.43. The number of carbonyl (C=O) groups is 1. The molecule has 0 aliphatic heterocycles. The van der Waals surface area contributed by atoms with Crippen LogP contribution in [-0.2, 0) is 0 Å². The van der Waals surface area contributed by atoms with Gasteiger partial charge in [0, 0.05) is 27.8 Å². The molecule has 0 aliphatic carbocycles. The highest BCUT2D eigenvalue weighted by atomic mass is 79.9. The van der Waals surface area contributed by atoms with Gasteiger partial charge in [-0.05, 0) is 42.8 Å². The molecule has 0 spiro atoms. The van der Waals surface area contributed by atoms with Crippen LogP contribution in [-0.4, -0.2) is 13.3 Å². The van der Waals surface area contributed by atoms with Gasteiger partial charge < -0.3 is 4.90 Å². The van der Waals surface area contributed by atoms with Crippen molar-refractivity contribution in [3.63, 3.8) is 0 Å². The molecule has 0 heterocycles. The molecule has 0 fully saturated rings. The Morgan fingerprint density at radius 1 is 1.20 bits per heavy atom. The van der Waals surface area contributed by atoms with E-state index in [4.69, 9.17) is 11.6 Å². The second-order valence-electron chi connectivity index (χ2n) is 4.66. The van der Waals surface area contributed by atoms with Crippen LogP contribution in [0.15, 0.2) is 46.9 Å². The van der Waals surface area contributed by atoms with Crippen molar-refractivity contribution in [1.29, 1.82) is 0 Å². The Bertz CT molecular complexity index is 612. The summed E-state index contributed by atoms with van der Waals surface area (Å²) in [5.74, 6) is 0. The number of anilines is 1. The van der Waals surface area contributed by atoms with Crippen LogP contribution in [0.2, 0.25) is 5.02 Å². The number of hydrogen-bond acceptors (Lipinski definition) is 2. The molecular formula is C16H15BrClNO. The van der Waals surface area contributed by atoms with E-state index in [9.17, 15) is 4.79 Å². The van der Waals surface area contributed by atoms with Gasteiger partial charge in [0.2, 0.25) is 0 Å². The van der Waals surface area contributed by atoms with Crippen molar-refractivity contribution < 1.29 is 4.79 Å². The first-order valence-electron chi connectivity index (χ1n) is 6.26. The van der Waals surface area contributed by atoms with Gasteiger partial charge in [-0.25, -0.2) is 0 Å². The van der Waals surface area contributed by atoms with Crippen LogP contribution in [0.5, 0.6) is 0 Å². The van der Waals surface area contributed by atoms with Crippen molar-refractivity contribution in [3.05, 3.63) is 63.1 Å². The molecule has 0 aromatic heterocycles. The van der Waals surface area contributed by atoms with Crippen LogP contribution in [0, 0.1) is 0 Å². The highest BCUT2D eigenvalue weighted by Gasteiger charge is 2.15. The number of benzene rings is 2. The summed E-state index contributed by atoms with van der Waals surface area (Å²) in [5, 5.41) is 0.723. The van der Waals surface area contributed by atoms with Crippen molar-refractivity contribution in [1.82, 2.24) is 0 Å². The van der Waals surface area contributed by atoms with E-state index >= 15 is 0 Å². The van der Waals surface area contributed by atoms with E-state index in [0.717, 1.165) is 27.0 Å². The van der Waals surface area contributed by atoms with Gasteiger partial charge in [-0.3, -0.25) is 4.79 Å². The summed E-state index contributed by atoms with van der Waals surface area (Å²) in [6.07, 6.45) is 0.880. The Kier molecular flexibility index (Phi) is 4.84. The first kappa shape index (κ1) is 15.1. The minimum absolute atomic E-state index is 0.146. The molecule has 1 unspecified atom stereocenters. The van der Waals surface area contributed by atoms with E-state index in [-0.39, 0.29) is 6.04 Å². The molecule has 0 bridgehead atoms. The molecule has 2 rings (SSSR count). The van der Waals surface area contributed by atoms with Crippen LogP contribution < -0.4 is 4.90 Å². The van der Waals surface area contributed by atoms with E-state index in [1.54, 1.807) is 0 Å². The topological polar surface area (TPSA) is 20.3 Å². The first-order chi connectivity index (χ1) is 9.52. The monoisotopic (exact) mass is 351 g/mol. The number of hydrogen-bond donors (Lipinski definition) is 0.